The van der Waals surface area contributed by atoms with Crippen LogP contribution in [-0.4, -0.2) is 21.1 Å². The molecular formula is C9H7N3O. The lowest BCUT2D eigenvalue weighted by molar-refractivity contribution is 0.112. The molecule has 13 heavy (non-hydrogen) atoms. The van der Waals surface area contributed by atoms with Crippen LogP contribution in [0.5, 0.6) is 0 Å². The first-order valence-electron chi connectivity index (χ1n) is 3.80. The molecule has 0 aliphatic heterocycles. The van der Waals surface area contributed by atoms with Crippen LogP contribution < -0.4 is 0 Å². The Morgan fingerprint density at radius 3 is 3.00 bits per heavy atom. The lowest BCUT2D eigenvalue weighted by atomic mass is 10.2. The Balaban J connectivity index is 2.47. The van der Waals surface area contributed by atoms with Crippen molar-refractivity contribution in [3.8, 4) is 5.69 Å². The molecule has 0 aliphatic carbocycles. The maximum Gasteiger partial charge on any atom is 0.150 e. The van der Waals surface area contributed by atoms with Gasteiger partial charge in [-0.3, -0.25) is 4.79 Å². The molecule has 4 heteroatoms. The van der Waals surface area contributed by atoms with Crippen molar-refractivity contribution in [2.24, 2.45) is 0 Å². The van der Waals surface area contributed by atoms with Crippen molar-refractivity contribution in [3.63, 3.8) is 0 Å². The fraction of sp³-hybridized carbons (Fsp3) is 0. The van der Waals surface area contributed by atoms with Crippen molar-refractivity contribution in [3.05, 3.63) is 42.5 Å². The van der Waals surface area contributed by atoms with E-state index >= 15 is 0 Å². The molecule has 0 fully saturated rings. The highest BCUT2D eigenvalue weighted by Crippen LogP contribution is 2.06. The third kappa shape index (κ3) is 1.46. The Labute approximate surface area is 74.8 Å². The summed E-state index contributed by atoms with van der Waals surface area (Å²) in [5.41, 5.74) is 1.47. The molecule has 0 amide bonds. The zero-order valence-corrected chi connectivity index (χ0v) is 6.79. The van der Waals surface area contributed by atoms with Crippen molar-refractivity contribution in [2.75, 3.05) is 0 Å². The number of aldehydes is 1. The van der Waals surface area contributed by atoms with Gasteiger partial charge in [-0.1, -0.05) is 12.1 Å². The number of hydrogen-bond donors (Lipinski definition) is 0. The van der Waals surface area contributed by atoms with Gasteiger partial charge in [0.25, 0.3) is 0 Å². The van der Waals surface area contributed by atoms with E-state index in [1.54, 1.807) is 29.2 Å². The molecule has 0 radical (unpaired) electrons. The van der Waals surface area contributed by atoms with E-state index in [0.717, 1.165) is 12.0 Å². The summed E-state index contributed by atoms with van der Waals surface area (Å²) in [5, 5.41) is 3.95. The maximum absolute atomic E-state index is 10.5. The van der Waals surface area contributed by atoms with Crippen molar-refractivity contribution in [1.82, 2.24) is 14.8 Å². The molecule has 0 aliphatic rings. The van der Waals surface area contributed by atoms with Crippen molar-refractivity contribution in [1.29, 1.82) is 0 Å². The molecule has 1 heterocycles. The molecule has 0 spiro atoms. The molecule has 0 bridgehead atoms. The highest BCUT2D eigenvalue weighted by molar-refractivity contribution is 5.75. The third-order valence-corrected chi connectivity index (χ3v) is 1.69. The van der Waals surface area contributed by atoms with Gasteiger partial charge in [-0.15, -0.1) is 0 Å². The van der Waals surface area contributed by atoms with Gasteiger partial charge in [0.2, 0.25) is 0 Å². The summed E-state index contributed by atoms with van der Waals surface area (Å²) >= 11 is 0. The van der Waals surface area contributed by atoms with Crippen LogP contribution in [0.3, 0.4) is 0 Å². The van der Waals surface area contributed by atoms with E-state index in [9.17, 15) is 4.79 Å². The van der Waals surface area contributed by atoms with Gasteiger partial charge >= 0.3 is 0 Å². The number of carbonyl (C=O) groups is 1. The second-order valence-corrected chi connectivity index (χ2v) is 2.55. The first kappa shape index (κ1) is 7.67. The number of carbonyl (C=O) groups excluding carboxylic acids is 1. The molecule has 0 atom stereocenters. The first-order valence-corrected chi connectivity index (χ1v) is 3.80. The van der Waals surface area contributed by atoms with Gasteiger partial charge in [-0.25, -0.2) is 9.67 Å². The zero-order valence-electron chi connectivity index (χ0n) is 6.79. The number of hydrogen-bond acceptors (Lipinski definition) is 3. The summed E-state index contributed by atoms with van der Waals surface area (Å²) in [6.07, 6.45) is 3.85. The summed E-state index contributed by atoms with van der Waals surface area (Å²) in [5.74, 6) is 0. The molecule has 0 saturated carbocycles. The van der Waals surface area contributed by atoms with Gasteiger partial charge in [0, 0.05) is 5.56 Å². The van der Waals surface area contributed by atoms with Crippen molar-refractivity contribution >= 4 is 6.29 Å². The molecule has 0 unspecified atom stereocenters. The maximum atomic E-state index is 10.5. The van der Waals surface area contributed by atoms with Gasteiger partial charge in [-0.2, -0.15) is 5.10 Å². The summed E-state index contributed by atoms with van der Waals surface area (Å²) < 4.78 is 1.60. The minimum absolute atomic E-state index is 0.632. The quantitative estimate of drug-likeness (QED) is 0.638. The second kappa shape index (κ2) is 3.18. The van der Waals surface area contributed by atoms with E-state index in [1.165, 1.54) is 6.33 Å². The van der Waals surface area contributed by atoms with E-state index in [2.05, 4.69) is 10.1 Å². The molecule has 2 rings (SSSR count). The van der Waals surface area contributed by atoms with Gasteiger partial charge < -0.3 is 0 Å². The van der Waals surface area contributed by atoms with Gasteiger partial charge in [-0.05, 0) is 12.1 Å². The van der Waals surface area contributed by atoms with Gasteiger partial charge in [0.1, 0.15) is 18.9 Å². The Kier molecular flexibility index (Phi) is 1.88. The molecule has 0 N–H and O–H groups in total. The van der Waals surface area contributed by atoms with E-state index in [4.69, 9.17) is 0 Å². The smallest absolute Gasteiger partial charge is 0.150 e. The average Bonchev–Trinajstić information content (AvgIpc) is 2.71. The number of nitrogens with zero attached hydrogens (tertiary/aromatic N) is 3. The third-order valence-electron chi connectivity index (χ3n) is 1.69. The highest BCUT2D eigenvalue weighted by atomic mass is 16.1. The highest BCUT2D eigenvalue weighted by Gasteiger charge is 1.96. The molecule has 64 valence electrons. The van der Waals surface area contributed by atoms with Crippen LogP contribution in [0.25, 0.3) is 5.69 Å². The predicted molar refractivity (Wildman–Crippen MR) is 46.7 cm³/mol. The monoisotopic (exact) mass is 173 g/mol. The molecule has 1 aromatic carbocycles. The van der Waals surface area contributed by atoms with E-state index < -0.39 is 0 Å². The average molecular weight is 173 g/mol. The Morgan fingerprint density at radius 1 is 1.38 bits per heavy atom. The Morgan fingerprint density at radius 2 is 2.31 bits per heavy atom. The SMILES string of the molecule is O=Cc1cccc(-n2cncn2)c1. The number of benzene rings is 1. The Bertz CT molecular complexity index is 409. The minimum Gasteiger partial charge on any atom is -0.298 e. The lowest BCUT2D eigenvalue weighted by Gasteiger charge is -1.99. The van der Waals surface area contributed by atoms with Crippen LogP contribution >= 0.6 is 0 Å². The summed E-state index contributed by atoms with van der Waals surface area (Å²) in [6.45, 7) is 0. The topological polar surface area (TPSA) is 47.8 Å². The van der Waals surface area contributed by atoms with Crippen LogP contribution in [-0.2, 0) is 0 Å². The van der Waals surface area contributed by atoms with Crippen LogP contribution in [0.1, 0.15) is 10.4 Å². The fourth-order valence-corrected chi connectivity index (χ4v) is 1.08. The normalized spacial score (nSPS) is 9.85. The fourth-order valence-electron chi connectivity index (χ4n) is 1.08. The second-order valence-electron chi connectivity index (χ2n) is 2.55. The van der Waals surface area contributed by atoms with Gasteiger partial charge in [0.05, 0.1) is 5.69 Å². The van der Waals surface area contributed by atoms with Crippen molar-refractivity contribution < 1.29 is 4.79 Å². The minimum atomic E-state index is 0.632. The van der Waals surface area contributed by atoms with Crippen LogP contribution in [0.15, 0.2) is 36.9 Å². The summed E-state index contributed by atoms with van der Waals surface area (Å²) in [7, 11) is 0. The predicted octanol–water partition coefficient (Wildman–Crippen LogP) is 1.08. The number of aromatic nitrogens is 3. The van der Waals surface area contributed by atoms with E-state index in [-0.39, 0.29) is 0 Å². The van der Waals surface area contributed by atoms with Gasteiger partial charge in [0.15, 0.2) is 0 Å². The molecule has 2 aromatic rings. The summed E-state index contributed by atoms with van der Waals surface area (Å²) in [4.78, 5) is 14.3. The van der Waals surface area contributed by atoms with Crippen LogP contribution in [0.4, 0.5) is 0 Å². The molecular weight excluding hydrogens is 166 g/mol. The largest absolute Gasteiger partial charge is 0.298 e. The van der Waals surface area contributed by atoms with E-state index in [1.807, 2.05) is 6.07 Å². The van der Waals surface area contributed by atoms with Crippen molar-refractivity contribution in [2.45, 2.75) is 0 Å². The zero-order chi connectivity index (χ0) is 9.10. The Hall–Kier alpha value is -1.97. The first-order chi connectivity index (χ1) is 6.40. The lowest BCUT2D eigenvalue weighted by Crippen LogP contribution is -1.94. The standard InChI is InChI=1S/C9H7N3O/c13-5-8-2-1-3-9(4-8)12-7-10-6-11-12/h1-7H. The molecule has 0 saturated heterocycles. The van der Waals surface area contributed by atoms with Crippen LogP contribution in [0.2, 0.25) is 0 Å². The molecule has 4 nitrogen and oxygen atoms in total. The summed E-state index contributed by atoms with van der Waals surface area (Å²) in [6, 6.07) is 7.16. The number of rotatable bonds is 2. The molecule has 1 aromatic heterocycles. The van der Waals surface area contributed by atoms with Crippen LogP contribution in [0, 0.1) is 0 Å². The van der Waals surface area contributed by atoms with E-state index in [0.29, 0.717) is 5.56 Å².